The highest BCUT2D eigenvalue weighted by atomic mass is 16.3. The van der Waals surface area contributed by atoms with Crippen LogP contribution in [0.25, 0.3) is 11.3 Å². The molecule has 3 aromatic rings. The third kappa shape index (κ3) is 2.17. The maximum Gasteiger partial charge on any atom is 0.280 e. The fraction of sp³-hybridized carbons (Fsp3) is 0.0526. The van der Waals surface area contributed by atoms with E-state index in [2.05, 4.69) is 9.98 Å². The number of H-pyrrole nitrogens is 1. The first-order valence-corrected chi connectivity index (χ1v) is 7.56. The number of fused-ring (bicyclic) bond motifs is 1. The van der Waals surface area contributed by atoms with Crippen LogP contribution in [0.5, 0.6) is 5.88 Å². The number of nitrogens with one attached hydrogen (secondary N) is 1. The van der Waals surface area contributed by atoms with Crippen LogP contribution < -0.4 is 5.46 Å². The van der Waals surface area contributed by atoms with E-state index in [9.17, 15) is 9.90 Å². The number of carbonyl (C=O) groups excluding carboxylic acids is 1. The van der Waals surface area contributed by atoms with Crippen molar-refractivity contribution in [1.29, 1.82) is 0 Å². The number of hydrogen-bond acceptors (Lipinski definition) is 2. The SMILES string of the molecule is [B]c1ccc(C2=NC(=O)c3c(-c4ccc(C)cc4)[nH]c(O)c32)cc1. The summed E-state index contributed by atoms with van der Waals surface area (Å²) in [7, 11) is 5.71. The van der Waals surface area contributed by atoms with Crippen molar-refractivity contribution in [2.75, 3.05) is 0 Å². The van der Waals surface area contributed by atoms with Gasteiger partial charge in [0, 0.05) is 5.56 Å². The number of aromatic nitrogens is 1. The molecule has 0 fully saturated rings. The predicted molar refractivity (Wildman–Crippen MR) is 94.4 cm³/mol. The summed E-state index contributed by atoms with van der Waals surface area (Å²) in [6.07, 6.45) is 0. The monoisotopic (exact) mass is 312 g/mol. The van der Waals surface area contributed by atoms with E-state index in [1.54, 1.807) is 24.3 Å². The molecule has 1 aromatic heterocycles. The molecule has 1 amide bonds. The van der Waals surface area contributed by atoms with E-state index < -0.39 is 0 Å². The van der Waals surface area contributed by atoms with Crippen LogP contribution in [-0.2, 0) is 0 Å². The number of hydrogen-bond donors (Lipinski definition) is 2. The quantitative estimate of drug-likeness (QED) is 0.714. The van der Waals surface area contributed by atoms with Crippen LogP contribution in [0.2, 0.25) is 0 Å². The van der Waals surface area contributed by atoms with E-state index in [-0.39, 0.29) is 11.8 Å². The van der Waals surface area contributed by atoms with Gasteiger partial charge >= 0.3 is 0 Å². The van der Waals surface area contributed by atoms with Crippen LogP contribution >= 0.6 is 0 Å². The summed E-state index contributed by atoms with van der Waals surface area (Å²) in [5.41, 5.74) is 5.21. The van der Waals surface area contributed by atoms with E-state index in [1.165, 1.54) is 0 Å². The van der Waals surface area contributed by atoms with Gasteiger partial charge in [-0.1, -0.05) is 59.6 Å². The second-order valence-corrected chi connectivity index (χ2v) is 5.85. The first-order chi connectivity index (χ1) is 11.5. The number of carbonyl (C=O) groups is 1. The van der Waals surface area contributed by atoms with Crippen LogP contribution in [0.15, 0.2) is 53.5 Å². The summed E-state index contributed by atoms with van der Waals surface area (Å²) in [4.78, 5) is 19.5. The molecule has 0 bridgehead atoms. The van der Waals surface area contributed by atoms with Crippen LogP contribution in [0.4, 0.5) is 0 Å². The van der Waals surface area contributed by atoms with Crippen molar-refractivity contribution in [3.8, 4) is 17.1 Å². The number of nitrogens with zero attached hydrogens (tertiary/aromatic N) is 1. The summed E-state index contributed by atoms with van der Waals surface area (Å²) in [6.45, 7) is 1.99. The summed E-state index contributed by atoms with van der Waals surface area (Å²) in [5.74, 6) is -0.411. The predicted octanol–water partition coefficient (Wildman–Crippen LogP) is 2.48. The third-order valence-electron chi connectivity index (χ3n) is 4.17. The van der Waals surface area contributed by atoms with Crippen LogP contribution in [0.1, 0.15) is 27.0 Å². The van der Waals surface area contributed by atoms with Crippen molar-refractivity contribution in [2.24, 2.45) is 4.99 Å². The minimum Gasteiger partial charge on any atom is -0.494 e. The number of aromatic hydroxyl groups is 1. The van der Waals surface area contributed by atoms with Gasteiger partial charge in [0.05, 0.1) is 22.5 Å². The Bertz CT molecular complexity index is 983. The molecular formula is C19H13BN2O2. The molecule has 0 saturated carbocycles. The fourth-order valence-electron chi connectivity index (χ4n) is 2.93. The highest BCUT2D eigenvalue weighted by molar-refractivity contribution is 6.33. The lowest BCUT2D eigenvalue weighted by molar-refractivity contribution is 0.101. The first kappa shape index (κ1) is 14.5. The Hall–Kier alpha value is -3.08. The highest BCUT2D eigenvalue weighted by Crippen LogP contribution is 2.37. The molecule has 4 rings (SSSR count). The van der Waals surface area contributed by atoms with Gasteiger partial charge in [-0.25, -0.2) is 4.99 Å². The zero-order valence-corrected chi connectivity index (χ0v) is 13.0. The van der Waals surface area contributed by atoms with Gasteiger partial charge in [-0.15, -0.1) is 0 Å². The number of aryl methyl sites for hydroxylation is 1. The molecule has 1 aliphatic rings. The van der Waals surface area contributed by atoms with E-state index in [0.717, 1.165) is 16.7 Å². The van der Waals surface area contributed by atoms with Crippen molar-refractivity contribution in [3.05, 3.63) is 70.8 Å². The molecule has 0 saturated heterocycles. The van der Waals surface area contributed by atoms with Gasteiger partial charge in [0.25, 0.3) is 5.91 Å². The lowest BCUT2D eigenvalue weighted by atomic mass is 9.93. The smallest absolute Gasteiger partial charge is 0.280 e. The van der Waals surface area contributed by atoms with Crippen molar-refractivity contribution in [2.45, 2.75) is 6.92 Å². The molecule has 0 aliphatic carbocycles. The van der Waals surface area contributed by atoms with E-state index in [0.29, 0.717) is 28.0 Å². The summed E-state index contributed by atoms with van der Waals surface area (Å²) >= 11 is 0. The summed E-state index contributed by atoms with van der Waals surface area (Å²) in [5, 5.41) is 10.4. The zero-order valence-electron chi connectivity index (χ0n) is 13.0. The minimum absolute atomic E-state index is 0.0537. The Morgan fingerprint density at radius 2 is 1.58 bits per heavy atom. The molecule has 0 unspecified atom stereocenters. The van der Waals surface area contributed by atoms with E-state index in [1.807, 2.05) is 31.2 Å². The van der Waals surface area contributed by atoms with Crippen LogP contribution in [-0.4, -0.2) is 29.6 Å². The Balaban J connectivity index is 1.87. The molecule has 2 aromatic carbocycles. The fourth-order valence-corrected chi connectivity index (χ4v) is 2.93. The molecule has 0 atom stereocenters. The number of aliphatic imine (C=N–C) groups is 1. The molecule has 114 valence electrons. The topological polar surface area (TPSA) is 65.5 Å². The molecule has 24 heavy (non-hydrogen) atoms. The molecule has 2 radical (unpaired) electrons. The molecule has 2 heterocycles. The first-order valence-electron chi connectivity index (χ1n) is 7.56. The van der Waals surface area contributed by atoms with Gasteiger partial charge in [-0.2, -0.15) is 0 Å². The largest absolute Gasteiger partial charge is 0.494 e. The average molecular weight is 312 g/mol. The lowest BCUT2D eigenvalue weighted by Gasteiger charge is -2.02. The van der Waals surface area contributed by atoms with Crippen LogP contribution in [0.3, 0.4) is 0 Å². The maximum atomic E-state index is 12.4. The lowest BCUT2D eigenvalue weighted by Crippen LogP contribution is -2.05. The van der Waals surface area contributed by atoms with E-state index >= 15 is 0 Å². The molecule has 5 heteroatoms. The molecule has 0 spiro atoms. The molecule has 1 aliphatic heterocycles. The minimum atomic E-state index is -0.357. The standard InChI is InChI=1S/C19H13BN2O2/c1-10-2-4-11(5-3-10)16-14-15(19(24)21-16)17(22-18(14)23)12-6-8-13(20)9-7-12/h2-9,21,24H,1H3. The number of rotatable bonds is 2. The zero-order chi connectivity index (χ0) is 16.8. The van der Waals surface area contributed by atoms with Gasteiger partial charge in [-0.05, 0) is 12.5 Å². The van der Waals surface area contributed by atoms with Gasteiger partial charge in [0.1, 0.15) is 7.85 Å². The Labute approximate surface area is 140 Å². The van der Waals surface area contributed by atoms with Crippen molar-refractivity contribution in [1.82, 2.24) is 4.98 Å². The Morgan fingerprint density at radius 3 is 2.25 bits per heavy atom. The average Bonchev–Trinajstić information content (AvgIpc) is 3.08. The molecular weight excluding hydrogens is 299 g/mol. The maximum absolute atomic E-state index is 12.4. The second-order valence-electron chi connectivity index (χ2n) is 5.85. The summed E-state index contributed by atoms with van der Waals surface area (Å²) in [6, 6.07) is 14.8. The molecule has 4 nitrogen and oxygen atoms in total. The van der Waals surface area contributed by atoms with E-state index in [4.69, 9.17) is 7.85 Å². The van der Waals surface area contributed by atoms with Gasteiger partial charge in [0.15, 0.2) is 5.88 Å². The van der Waals surface area contributed by atoms with Gasteiger partial charge in [-0.3, -0.25) is 4.79 Å². The number of benzene rings is 2. The van der Waals surface area contributed by atoms with Crippen molar-refractivity contribution < 1.29 is 9.90 Å². The van der Waals surface area contributed by atoms with Crippen molar-refractivity contribution in [3.63, 3.8) is 0 Å². The summed E-state index contributed by atoms with van der Waals surface area (Å²) < 4.78 is 0. The third-order valence-corrected chi connectivity index (χ3v) is 4.17. The molecule has 2 N–H and O–H groups in total. The number of amides is 1. The Morgan fingerprint density at radius 1 is 0.958 bits per heavy atom. The van der Waals surface area contributed by atoms with Gasteiger partial charge in [0.2, 0.25) is 0 Å². The van der Waals surface area contributed by atoms with Crippen molar-refractivity contribution >= 4 is 24.9 Å². The second kappa shape index (κ2) is 5.23. The van der Waals surface area contributed by atoms with Gasteiger partial charge < -0.3 is 10.1 Å². The Kier molecular flexibility index (Phi) is 3.16. The normalized spacial score (nSPS) is 13.0. The number of aromatic amines is 1. The van der Waals surface area contributed by atoms with Crippen LogP contribution in [0, 0.1) is 6.92 Å². The highest BCUT2D eigenvalue weighted by Gasteiger charge is 2.33.